The van der Waals surface area contributed by atoms with E-state index in [0.29, 0.717) is 50.4 Å². The van der Waals surface area contributed by atoms with Gasteiger partial charge in [0.25, 0.3) is 5.91 Å². The summed E-state index contributed by atoms with van der Waals surface area (Å²) < 4.78 is 7.22. The highest BCUT2D eigenvalue weighted by atomic mass is 32.2. The molecule has 5 rings (SSSR count). The molecule has 2 aromatic carbocycles. The number of aromatic nitrogens is 4. The Bertz CT molecular complexity index is 1370. The van der Waals surface area contributed by atoms with Crippen LogP contribution in [0.25, 0.3) is 5.69 Å². The van der Waals surface area contributed by atoms with Gasteiger partial charge >= 0.3 is 5.97 Å². The van der Waals surface area contributed by atoms with E-state index in [1.165, 1.54) is 16.9 Å². The molecule has 2 aromatic heterocycles. The van der Waals surface area contributed by atoms with Crippen LogP contribution < -0.4 is 0 Å². The lowest BCUT2D eigenvalue weighted by Gasteiger charge is -2.30. The first-order chi connectivity index (χ1) is 18.6. The number of hydrogen-bond acceptors (Lipinski definition) is 8. The number of carbonyl (C=O) groups is 2. The van der Waals surface area contributed by atoms with Crippen molar-refractivity contribution in [1.29, 1.82) is 0 Å². The Hall–Kier alpha value is -3.50. The minimum atomic E-state index is -0.164. The highest BCUT2D eigenvalue weighted by molar-refractivity contribution is 7.98. The van der Waals surface area contributed by atoms with Crippen molar-refractivity contribution < 1.29 is 14.3 Å². The van der Waals surface area contributed by atoms with Crippen LogP contribution in [0.15, 0.2) is 71.2 Å². The van der Waals surface area contributed by atoms with Crippen LogP contribution in [0.2, 0.25) is 0 Å². The van der Waals surface area contributed by atoms with E-state index in [1.807, 2.05) is 60.8 Å². The number of thiazole rings is 1. The van der Waals surface area contributed by atoms with Crippen molar-refractivity contribution in [3.05, 3.63) is 88.1 Å². The number of amides is 1. The van der Waals surface area contributed by atoms with Crippen LogP contribution in [0.1, 0.15) is 46.6 Å². The Balaban J connectivity index is 1.25. The predicted molar refractivity (Wildman–Crippen MR) is 148 cm³/mol. The summed E-state index contributed by atoms with van der Waals surface area (Å²) in [5.41, 5.74) is 2.63. The first-order valence-electron chi connectivity index (χ1n) is 12.7. The number of ether oxygens (including phenoxy) is 1. The maximum Gasteiger partial charge on any atom is 0.309 e. The highest BCUT2D eigenvalue weighted by Gasteiger charge is 2.29. The molecule has 0 N–H and O–H groups in total. The molecule has 10 heteroatoms. The van der Waals surface area contributed by atoms with Crippen molar-refractivity contribution in [1.82, 2.24) is 24.6 Å². The van der Waals surface area contributed by atoms with Crippen molar-refractivity contribution in [2.45, 2.75) is 37.1 Å². The van der Waals surface area contributed by atoms with Crippen LogP contribution in [0, 0.1) is 5.92 Å². The number of benzene rings is 2. The molecule has 8 nitrogen and oxygen atoms in total. The number of piperidine rings is 1. The van der Waals surface area contributed by atoms with Crippen LogP contribution in [-0.2, 0) is 21.7 Å². The van der Waals surface area contributed by atoms with Gasteiger partial charge < -0.3 is 9.64 Å². The van der Waals surface area contributed by atoms with Crippen molar-refractivity contribution in [3.8, 4) is 5.69 Å². The van der Waals surface area contributed by atoms with Gasteiger partial charge in [0.05, 0.1) is 18.3 Å². The number of esters is 1. The molecule has 0 bridgehead atoms. The normalized spacial score (nSPS) is 14.0. The summed E-state index contributed by atoms with van der Waals surface area (Å²) in [6, 6.07) is 20.3. The molecule has 0 radical (unpaired) electrons. The van der Waals surface area contributed by atoms with Gasteiger partial charge in [-0.2, -0.15) is 0 Å². The second-order valence-electron chi connectivity index (χ2n) is 8.97. The summed E-state index contributed by atoms with van der Waals surface area (Å²) in [4.78, 5) is 31.4. The largest absolute Gasteiger partial charge is 0.466 e. The maximum atomic E-state index is 13.0. The molecule has 3 heterocycles. The van der Waals surface area contributed by atoms with Crippen LogP contribution in [0.5, 0.6) is 0 Å². The topological polar surface area (TPSA) is 90.2 Å². The third-order valence-corrected chi connectivity index (χ3v) is 8.39. The van der Waals surface area contributed by atoms with Crippen molar-refractivity contribution >= 4 is 35.0 Å². The Labute approximate surface area is 230 Å². The van der Waals surface area contributed by atoms with Gasteiger partial charge in [-0.15, -0.1) is 21.5 Å². The fourth-order valence-electron chi connectivity index (χ4n) is 4.47. The van der Waals surface area contributed by atoms with Gasteiger partial charge in [0.15, 0.2) is 5.16 Å². The van der Waals surface area contributed by atoms with Gasteiger partial charge in [-0.1, -0.05) is 60.3 Å². The zero-order valence-corrected chi connectivity index (χ0v) is 22.8. The monoisotopic (exact) mass is 547 g/mol. The summed E-state index contributed by atoms with van der Waals surface area (Å²) in [6.07, 6.45) is 1.92. The van der Waals surface area contributed by atoms with E-state index in [1.54, 1.807) is 16.7 Å². The van der Waals surface area contributed by atoms with Crippen LogP contribution in [0.3, 0.4) is 0 Å². The molecule has 0 aliphatic carbocycles. The molecule has 196 valence electrons. The van der Waals surface area contributed by atoms with E-state index in [2.05, 4.69) is 31.9 Å². The van der Waals surface area contributed by atoms with Gasteiger partial charge in [-0.05, 0) is 37.5 Å². The van der Waals surface area contributed by atoms with E-state index in [0.717, 1.165) is 21.7 Å². The Morgan fingerprint density at radius 1 is 1.03 bits per heavy atom. The number of thioether (sulfide) groups is 1. The number of hydrogen-bond donors (Lipinski definition) is 0. The minimum absolute atomic E-state index is 0.0857. The van der Waals surface area contributed by atoms with Gasteiger partial charge in [-0.3, -0.25) is 14.2 Å². The van der Waals surface area contributed by atoms with Gasteiger partial charge in [-0.25, -0.2) is 4.98 Å². The van der Waals surface area contributed by atoms with Gasteiger partial charge in [0.2, 0.25) is 0 Å². The molecule has 38 heavy (non-hydrogen) atoms. The molecule has 1 saturated heterocycles. The van der Waals surface area contributed by atoms with Crippen LogP contribution >= 0.6 is 23.1 Å². The van der Waals surface area contributed by atoms with E-state index in [4.69, 9.17) is 4.74 Å². The smallest absolute Gasteiger partial charge is 0.309 e. The molecular weight excluding hydrogens is 518 g/mol. The minimum Gasteiger partial charge on any atom is -0.466 e. The molecular formula is C28H29N5O3S2. The standard InChI is InChI=1S/C28H29N5O3S2/c1-2-36-27(35)21-13-15-32(16-14-21)26(34)23-18-37-25(29-23)19-38-28-31-30-24(17-20-9-5-3-6-10-20)33(28)22-11-7-4-8-12-22/h3-12,18,21H,2,13-17,19H2,1H3. The lowest BCUT2D eigenvalue weighted by atomic mass is 9.97. The Kier molecular flexibility index (Phi) is 8.50. The SMILES string of the molecule is CCOC(=O)C1CCN(C(=O)c2csc(CSc3nnc(Cc4ccccc4)n3-c3ccccc3)n2)CC1. The zero-order valence-electron chi connectivity index (χ0n) is 21.2. The average Bonchev–Trinajstić information content (AvgIpc) is 3.60. The fourth-order valence-corrected chi connectivity index (χ4v) is 6.22. The van der Waals surface area contributed by atoms with Gasteiger partial charge in [0, 0.05) is 30.6 Å². The maximum absolute atomic E-state index is 13.0. The molecule has 1 aliphatic heterocycles. The van der Waals surface area contributed by atoms with Crippen molar-refractivity contribution in [2.75, 3.05) is 19.7 Å². The van der Waals surface area contributed by atoms with Crippen molar-refractivity contribution in [2.24, 2.45) is 5.92 Å². The van der Waals surface area contributed by atoms with E-state index in [9.17, 15) is 9.59 Å². The Morgan fingerprint density at radius 2 is 1.74 bits per heavy atom. The third kappa shape index (κ3) is 6.14. The Morgan fingerprint density at radius 3 is 2.45 bits per heavy atom. The molecule has 0 spiro atoms. The average molecular weight is 548 g/mol. The van der Waals surface area contributed by atoms with Gasteiger partial charge in [0.1, 0.15) is 16.5 Å². The summed E-state index contributed by atoms with van der Waals surface area (Å²) in [7, 11) is 0. The lowest BCUT2D eigenvalue weighted by Crippen LogP contribution is -2.40. The summed E-state index contributed by atoms with van der Waals surface area (Å²) in [6.45, 7) is 3.26. The summed E-state index contributed by atoms with van der Waals surface area (Å²) >= 11 is 3.03. The predicted octanol–water partition coefficient (Wildman–Crippen LogP) is 5.02. The van der Waals surface area contributed by atoms with E-state index in [-0.39, 0.29) is 17.8 Å². The number of likely N-dealkylation sites (tertiary alicyclic amines) is 1. The number of nitrogens with zero attached hydrogens (tertiary/aromatic N) is 5. The number of carbonyl (C=O) groups excluding carboxylic acids is 2. The molecule has 1 fully saturated rings. The molecule has 0 unspecified atom stereocenters. The first-order valence-corrected chi connectivity index (χ1v) is 14.6. The molecule has 4 aromatic rings. The quantitative estimate of drug-likeness (QED) is 0.215. The second-order valence-corrected chi connectivity index (χ2v) is 10.9. The fraction of sp³-hybridized carbons (Fsp3) is 0.321. The molecule has 0 atom stereocenters. The molecule has 0 saturated carbocycles. The number of para-hydroxylation sites is 1. The second kappa shape index (κ2) is 12.4. The third-order valence-electron chi connectivity index (χ3n) is 6.42. The van der Waals surface area contributed by atoms with Crippen molar-refractivity contribution in [3.63, 3.8) is 0 Å². The van der Waals surface area contributed by atoms with E-state index >= 15 is 0 Å². The summed E-state index contributed by atoms with van der Waals surface area (Å²) in [5.74, 6) is 1.07. The van der Waals surface area contributed by atoms with Crippen LogP contribution in [-0.4, -0.2) is 56.2 Å². The molecule has 1 aliphatic rings. The zero-order chi connectivity index (χ0) is 26.3. The highest BCUT2D eigenvalue weighted by Crippen LogP contribution is 2.28. The van der Waals surface area contributed by atoms with Crippen LogP contribution in [0.4, 0.5) is 0 Å². The number of rotatable bonds is 9. The lowest BCUT2D eigenvalue weighted by molar-refractivity contribution is -0.149. The summed E-state index contributed by atoms with van der Waals surface area (Å²) in [5, 5.41) is 12.5. The first kappa shape index (κ1) is 26.1. The van der Waals surface area contributed by atoms with E-state index < -0.39 is 0 Å². The molecule has 1 amide bonds.